The van der Waals surface area contributed by atoms with Crippen molar-refractivity contribution in [2.24, 2.45) is 5.41 Å². The van der Waals surface area contributed by atoms with Gasteiger partial charge in [-0.25, -0.2) is 0 Å². The van der Waals surface area contributed by atoms with Crippen molar-refractivity contribution in [3.8, 4) is 0 Å². The minimum atomic E-state index is 0.150. The van der Waals surface area contributed by atoms with Gasteiger partial charge in [0.2, 0.25) is 0 Å². The Bertz CT molecular complexity index is 442. The highest BCUT2D eigenvalue weighted by molar-refractivity contribution is 6.30. The molecule has 1 saturated carbocycles. The molecule has 0 aliphatic heterocycles. The third-order valence-electron chi connectivity index (χ3n) is 4.59. The molecule has 0 heterocycles. The molecule has 0 bridgehead atoms. The molecule has 1 aromatic carbocycles. The van der Waals surface area contributed by atoms with Crippen molar-refractivity contribution >= 4 is 11.6 Å². The van der Waals surface area contributed by atoms with Crippen LogP contribution in [0.5, 0.6) is 0 Å². The summed E-state index contributed by atoms with van der Waals surface area (Å²) >= 11 is 6.04. The Hall–Kier alpha value is -0.750. The maximum Gasteiger partial charge on any atom is 0.0406 e. The van der Waals surface area contributed by atoms with E-state index >= 15 is 0 Å². The molecule has 104 valence electrons. The van der Waals surface area contributed by atoms with Crippen molar-refractivity contribution < 1.29 is 0 Å². The van der Waals surface area contributed by atoms with E-state index in [1.807, 2.05) is 12.1 Å². The largest absolute Gasteiger partial charge is 0.0984 e. The van der Waals surface area contributed by atoms with Crippen LogP contribution in [0.4, 0.5) is 0 Å². The smallest absolute Gasteiger partial charge is 0.0406 e. The van der Waals surface area contributed by atoms with Crippen LogP contribution in [0.25, 0.3) is 0 Å². The highest BCUT2D eigenvalue weighted by Crippen LogP contribution is 2.50. The molecule has 0 amide bonds. The molecule has 1 fully saturated rings. The Morgan fingerprint density at radius 1 is 1.05 bits per heavy atom. The SMILES string of the molecule is C=C(C(C)(C)C)C1(c2ccc(Cl)cc2)CCCCC1. The second-order valence-corrected chi connectivity index (χ2v) is 7.31. The molecular weight excluding hydrogens is 252 g/mol. The van der Waals surface area contributed by atoms with Crippen LogP contribution in [-0.4, -0.2) is 0 Å². The van der Waals surface area contributed by atoms with Gasteiger partial charge in [-0.2, -0.15) is 0 Å². The first-order chi connectivity index (χ1) is 8.86. The van der Waals surface area contributed by atoms with Gasteiger partial charge in [0.05, 0.1) is 0 Å². The molecule has 1 aromatic rings. The fourth-order valence-electron chi connectivity index (χ4n) is 3.41. The summed E-state index contributed by atoms with van der Waals surface area (Å²) in [5, 5.41) is 0.816. The number of hydrogen-bond acceptors (Lipinski definition) is 0. The zero-order chi connectivity index (χ0) is 14.1. The molecule has 0 radical (unpaired) electrons. The lowest BCUT2D eigenvalue weighted by Crippen LogP contribution is -2.36. The topological polar surface area (TPSA) is 0 Å². The fraction of sp³-hybridized carbons (Fsp3) is 0.556. The van der Waals surface area contributed by atoms with Gasteiger partial charge in [-0.15, -0.1) is 0 Å². The Balaban J connectivity index is 2.45. The lowest BCUT2D eigenvalue weighted by Gasteiger charge is -2.44. The quantitative estimate of drug-likeness (QED) is 0.569. The van der Waals surface area contributed by atoms with E-state index < -0.39 is 0 Å². The minimum absolute atomic E-state index is 0.150. The second-order valence-electron chi connectivity index (χ2n) is 6.88. The maximum absolute atomic E-state index is 6.04. The first-order valence-corrected chi connectivity index (χ1v) is 7.70. The van der Waals surface area contributed by atoms with Crippen molar-refractivity contribution in [1.82, 2.24) is 0 Å². The van der Waals surface area contributed by atoms with Gasteiger partial charge in [0.1, 0.15) is 0 Å². The number of halogens is 1. The van der Waals surface area contributed by atoms with Crippen LogP contribution >= 0.6 is 11.6 Å². The van der Waals surface area contributed by atoms with Crippen molar-refractivity contribution in [3.63, 3.8) is 0 Å². The average Bonchev–Trinajstić information content (AvgIpc) is 2.38. The minimum Gasteiger partial charge on any atom is -0.0984 e. The summed E-state index contributed by atoms with van der Waals surface area (Å²) in [7, 11) is 0. The lowest BCUT2D eigenvalue weighted by molar-refractivity contribution is 0.288. The zero-order valence-corrected chi connectivity index (χ0v) is 13.2. The van der Waals surface area contributed by atoms with Gasteiger partial charge in [0, 0.05) is 10.4 Å². The molecule has 0 N–H and O–H groups in total. The monoisotopic (exact) mass is 276 g/mol. The van der Waals surface area contributed by atoms with E-state index in [1.54, 1.807) is 0 Å². The maximum atomic E-state index is 6.04. The van der Waals surface area contributed by atoms with Gasteiger partial charge in [0.15, 0.2) is 0 Å². The Morgan fingerprint density at radius 2 is 1.58 bits per heavy atom. The Kier molecular flexibility index (Phi) is 4.11. The predicted octanol–water partition coefficient (Wildman–Crippen LogP) is 6.14. The molecule has 0 nitrogen and oxygen atoms in total. The molecular formula is C18H25Cl. The molecule has 19 heavy (non-hydrogen) atoms. The average molecular weight is 277 g/mol. The van der Waals surface area contributed by atoms with Gasteiger partial charge < -0.3 is 0 Å². The van der Waals surface area contributed by atoms with E-state index in [2.05, 4.69) is 39.5 Å². The van der Waals surface area contributed by atoms with Crippen molar-refractivity contribution in [2.75, 3.05) is 0 Å². The van der Waals surface area contributed by atoms with E-state index in [1.165, 1.54) is 43.2 Å². The van der Waals surface area contributed by atoms with Crippen LogP contribution in [0.15, 0.2) is 36.4 Å². The van der Waals surface area contributed by atoms with E-state index in [4.69, 9.17) is 11.6 Å². The van der Waals surface area contributed by atoms with Crippen LogP contribution < -0.4 is 0 Å². The standard InChI is InChI=1S/C18H25Cl/c1-14(17(2,3)4)18(12-6-5-7-13-18)15-8-10-16(19)11-9-15/h8-11H,1,5-7,12-13H2,2-4H3. The highest BCUT2D eigenvalue weighted by atomic mass is 35.5. The number of hydrogen-bond donors (Lipinski definition) is 0. The number of rotatable bonds is 2. The summed E-state index contributed by atoms with van der Waals surface area (Å²) in [6, 6.07) is 8.43. The molecule has 1 aliphatic rings. The van der Waals surface area contributed by atoms with Crippen LogP contribution in [-0.2, 0) is 5.41 Å². The molecule has 0 unspecified atom stereocenters. The summed E-state index contributed by atoms with van der Waals surface area (Å²) in [6.45, 7) is 11.3. The van der Waals surface area contributed by atoms with Crippen molar-refractivity contribution in [2.45, 2.75) is 58.3 Å². The zero-order valence-electron chi connectivity index (χ0n) is 12.4. The van der Waals surface area contributed by atoms with E-state index in [9.17, 15) is 0 Å². The molecule has 0 spiro atoms. The Labute approximate surface area is 122 Å². The van der Waals surface area contributed by atoms with Crippen molar-refractivity contribution in [1.29, 1.82) is 0 Å². The predicted molar refractivity (Wildman–Crippen MR) is 84.8 cm³/mol. The summed E-state index contributed by atoms with van der Waals surface area (Å²) in [4.78, 5) is 0. The highest BCUT2D eigenvalue weighted by Gasteiger charge is 2.40. The molecule has 1 aliphatic carbocycles. The summed E-state index contributed by atoms with van der Waals surface area (Å²) in [5.74, 6) is 0. The molecule has 0 atom stereocenters. The second kappa shape index (κ2) is 5.32. The fourth-order valence-corrected chi connectivity index (χ4v) is 3.53. The normalized spacial score (nSPS) is 19.2. The van der Waals surface area contributed by atoms with E-state index in [-0.39, 0.29) is 10.8 Å². The van der Waals surface area contributed by atoms with Gasteiger partial charge >= 0.3 is 0 Å². The third kappa shape index (κ3) is 2.89. The summed E-state index contributed by atoms with van der Waals surface area (Å²) in [5.41, 5.74) is 3.08. The van der Waals surface area contributed by atoms with Crippen LogP contribution in [0.1, 0.15) is 58.4 Å². The van der Waals surface area contributed by atoms with Gasteiger partial charge in [-0.3, -0.25) is 0 Å². The number of allylic oxidation sites excluding steroid dienone is 1. The third-order valence-corrected chi connectivity index (χ3v) is 4.84. The first-order valence-electron chi connectivity index (χ1n) is 7.32. The van der Waals surface area contributed by atoms with E-state index in [0.29, 0.717) is 0 Å². The number of benzene rings is 1. The van der Waals surface area contributed by atoms with Crippen LogP contribution in [0.2, 0.25) is 5.02 Å². The summed E-state index contributed by atoms with van der Waals surface area (Å²) < 4.78 is 0. The van der Waals surface area contributed by atoms with Gasteiger partial charge in [0.25, 0.3) is 0 Å². The summed E-state index contributed by atoms with van der Waals surface area (Å²) in [6.07, 6.45) is 6.41. The molecule has 1 heteroatoms. The Morgan fingerprint density at radius 3 is 2.05 bits per heavy atom. The molecule has 0 aromatic heterocycles. The molecule has 0 saturated heterocycles. The van der Waals surface area contributed by atoms with Crippen molar-refractivity contribution in [3.05, 3.63) is 47.0 Å². The molecule has 2 rings (SSSR count). The van der Waals surface area contributed by atoms with Gasteiger partial charge in [-0.05, 0) is 36.0 Å². The van der Waals surface area contributed by atoms with Crippen LogP contribution in [0, 0.1) is 5.41 Å². The lowest BCUT2D eigenvalue weighted by atomic mass is 9.59. The van der Waals surface area contributed by atoms with Gasteiger partial charge in [-0.1, -0.05) is 75.9 Å². The van der Waals surface area contributed by atoms with E-state index in [0.717, 1.165) is 5.02 Å². The first kappa shape index (κ1) is 14.7. The van der Waals surface area contributed by atoms with Crippen LogP contribution in [0.3, 0.4) is 0 Å².